The van der Waals surface area contributed by atoms with E-state index in [-0.39, 0.29) is 15.6 Å². The van der Waals surface area contributed by atoms with Crippen LogP contribution in [-0.4, -0.2) is 34.5 Å². The summed E-state index contributed by atoms with van der Waals surface area (Å²) in [7, 11) is 0. The van der Waals surface area contributed by atoms with Crippen LogP contribution < -0.4 is 0 Å². The van der Waals surface area contributed by atoms with Gasteiger partial charge < -0.3 is 10.0 Å². The van der Waals surface area contributed by atoms with Gasteiger partial charge in [0.2, 0.25) is 0 Å². The van der Waals surface area contributed by atoms with Crippen LogP contribution in [0.15, 0.2) is 12.1 Å². The topological polar surface area (TPSA) is 57.6 Å². The lowest BCUT2D eigenvalue weighted by Gasteiger charge is -2.37. The molecule has 1 heterocycles. The number of hydrogen-bond acceptors (Lipinski definition) is 2. The smallest absolute Gasteiger partial charge is 0.308 e. The molecule has 1 aliphatic heterocycles. The molecule has 4 nitrogen and oxygen atoms in total. The molecule has 1 aromatic carbocycles. The van der Waals surface area contributed by atoms with Gasteiger partial charge in [-0.05, 0) is 31.9 Å². The maximum Gasteiger partial charge on any atom is 0.308 e. The van der Waals surface area contributed by atoms with Gasteiger partial charge in [0.1, 0.15) is 5.82 Å². The number of halogens is 3. The average molecular weight is 334 g/mol. The van der Waals surface area contributed by atoms with Gasteiger partial charge in [-0.15, -0.1) is 0 Å². The van der Waals surface area contributed by atoms with Crippen molar-refractivity contribution in [3.8, 4) is 0 Å². The van der Waals surface area contributed by atoms with Crippen molar-refractivity contribution < 1.29 is 19.1 Å². The molecule has 0 saturated carbocycles. The van der Waals surface area contributed by atoms with Crippen LogP contribution in [0.5, 0.6) is 0 Å². The van der Waals surface area contributed by atoms with E-state index in [4.69, 9.17) is 23.2 Å². The van der Waals surface area contributed by atoms with Gasteiger partial charge in [-0.25, -0.2) is 4.39 Å². The highest BCUT2D eigenvalue weighted by atomic mass is 35.5. The molecule has 114 valence electrons. The SMILES string of the molecule is C[C@@H]1[C@H](C(=O)O)CCCN1C(=O)c1cc(F)c(Cl)cc1Cl. The van der Waals surface area contributed by atoms with Gasteiger partial charge in [0.05, 0.1) is 21.5 Å². The van der Waals surface area contributed by atoms with Gasteiger partial charge in [-0.2, -0.15) is 0 Å². The zero-order valence-corrected chi connectivity index (χ0v) is 12.8. The van der Waals surface area contributed by atoms with Crippen molar-refractivity contribution in [1.82, 2.24) is 4.90 Å². The Morgan fingerprint density at radius 3 is 2.62 bits per heavy atom. The molecule has 7 heteroatoms. The highest BCUT2D eigenvalue weighted by Crippen LogP contribution is 2.29. The molecular weight excluding hydrogens is 320 g/mol. The number of carboxylic acid groups (broad SMARTS) is 1. The molecule has 1 amide bonds. The molecule has 1 saturated heterocycles. The predicted molar refractivity (Wildman–Crippen MR) is 77.3 cm³/mol. The lowest BCUT2D eigenvalue weighted by atomic mass is 9.90. The first-order valence-electron chi connectivity index (χ1n) is 6.51. The second kappa shape index (κ2) is 6.20. The number of amides is 1. The summed E-state index contributed by atoms with van der Waals surface area (Å²) in [6, 6.07) is 1.69. The fourth-order valence-electron chi connectivity index (χ4n) is 2.60. The Morgan fingerprint density at radius 1 is 1.33 bits per heavy atom. The molecule has 0 radical (unpaired) electrons. The van der Waals surface area contributed by atoms with Crippen molar-refractivity contribution in [2.75, 3.05) is 6.54 Å². The second-order valence-corrected chi connectivity index (χ2v) is 5.89. The molecule has 21 heavy (non-hydrogen) atoms. The number of likely N-dealkylation sites (tertiary alicyclic amines) is 1. The van der Waals surface area contributed by atoms with Crippen LogP contribution in [0.25, 0.3) is 0 Å². The molecule has 1 N–H and O–H groups in total. The maximum absolute atomic E-state index is 13.5. The zero-order valence-electron chi connectivity index (χ0n) is 11.3. The van der Waals surface area contributed by atoms with Gasteiger partial charge in [-0.3, -0.25) is 9.59 Å². The van der Waals surface area contributed by atoms with Gasteiger partial charge in [-0.1, -0.05) is 23.2 Å². The third-order valence-corrected chi connectivity index (χ3v) is 4.41. The van der Waals surface area contributed by atoms with Crippen molar-refractivity contribution in [3.63, 3.8) is 0 Å². The van der Waals surface area contributed by atoms with Gasteiger partial charge in [0.15, 0.2) is 0 Å². The molecule has 1 aliphatic rings. The number of hydrogen-bond donors (Lipinski definition) is 1. The maximum atomic E-state index is 13.5. The van der Waals surface area contributed by atoms with Crippen molar-refractivity contribution in [2.24, 2.45) is 5.92 Å². The van der Waals surface area contributed by atoms with Gasteiger partial charge >= 0.3 is 5.97 Å². The van der Waals surface area contributed by atoms with Crippen molar-refractivity contribution in [3.05, 3.63) is 33.6 Å². The van der Waals surface area contributed by atoms with E-state index in [1.54, 1.807) is 6.92 Å². The number of carbonyl (C=O) groups excluding carboxylic acids is 1. The number of rotatable bonds is 2. The van der Waals surface area contributed by atoms with Gasteiger partial charge in [0, 0.05) is 12.6 Å². The number of piperidine rings is 1. The highest BCUT2D eigenvalue weighted by molar-refractivity contribution is 6.36. The third-order valence-electron chi connectivity index (χ3n) is 3.81. The molecule has 2 atom stereocenters. The van der Waals surface area contributed by atoms with Gasteiger partial charge in [0.25, 0.3) is 5.91 Å². The average Bonchev–Trinajstić information content (AvgIpc) is 2.42. The molecule has 2 rings (SSSR count). The number of benzene rings is 1. The van der Waals surface area contributed by atoms with Crippen molar-refractivity contribution in [1.29, 1.82) is 0 Å². The largest absolute Gasteiger partial charge is 0.481 e. The Balaban J connectivity index is 2.31. The van der Waals surface area contributed by atoms with E-state index in [2.05, 4.69) is 0 Å². The summed E-state index contributed by atoms with van der Waals surface area (Å²) in [4.78, 5) is 25.1. The summed E-state index contributed by atoms with van der Waals surface area (Å²) >= 11 is 11.6. The molecule has 0 bridgehead atoms. The Bertz CT molecular complexity index is 594. The van der Waals surface area contributed by atoms with E-state index in [1.165, 1.54) is 11.0 Å². The molecular formula is C14H14Cl2FNO3. The minimum Gasteiger partial charge on any atom is -0.481 e. The number of carboxylic acids is 1. The molecule has 0 aliphatic carbocycles. The van der Waals surface area contributed by atoms with Crippen molar-refractivity contribution in [2.45, 2.75) is 25.8 Å². The molecule has 1 aromatic rings. The summed E-state index contributed by atoms with van der Waals surface area (Å²) in [6.45, 7) is 2.10. The number of aliphatic carboxylic acids is 1. The van der Waals surface area contributed by atoms with Crippen LogP contribution in [0.1, 0.15) is 30.1 Å². The van der Waals surface area contributed by atoms with Crippen molar-refractivity contribution >= 4 is 35.1 Å². The summed E-state index contributed by atoms with van der Waals surface area (Å²) < 4.78 is 13.5. The molecule has 0 aromatic heterocycles. The van der Waals surface area contributed by atoms with E-state index >= 15 is 0 Å². The number of nitrogens with zero attached hydrogens (tertiary/aromatic N) is 1. The van der Waals surface area contributed by atoms with E-state index < -0.39 is 29.7 Å². The fourth-order valence-corrected chi connectivity index (χ4v) is 3.07. The standard InChI is InChI=1S/C14H14Cl2FNO3/c1-7-8(14(20)21)3-2-4-18(7)13(19)9-5-12(17)11(16)6-10(9)15/h5-8H,2-4H2,1H3,(H,20,21)/t7-,8-/m1/s1. The fraction of sp³-hybridized carbons (Fsp3) is 0.429. The molecule has 0 spiro atoms. The van der Waals surface area contributed by atoms with E-state index in [9.17, 15) is 19.1 Å². The summed E-state index contributed by atoms with van der Waals surface area (Å²) in [6.07, 6.45) is 1.10. The lowest BCUT2D eigenvalue weighted by molar-refractivity contribution is -0.144. The number of carbonyl (C=O) groups is 2. The quantitative estimate of drug-likeness (QED) is 0.843. The lowest BCUT2D eigenvalue weighted by Crippen LogP contribution is -2.49. The highest BCUT2D eigenvalue weighted by Gasteiger charge is 2.36. The predicted octanol–water partition coefficient (Wildman–Crippen LogP) is 3.46. The second-order valence-electron chi connectivity index (χ2n) is 5.07. The first-order chi connectivity index (χ1) is 9.82. The summed E-state index contributed by atoms with van der Waals surface area (Å²) in [5.74, 6) is -2.77. The van der Waals surface area contributed by atoms with E-state index in [1.807, 2.05) is 0 Å². The Morgan fingerprint density at radius 2 is 2.00 bits per heavy atom. The Hall–Kier alpha value is -1.33. The Labute approximate surface area is 131 Å². The minimum atomic E-state index is -0.937. The first-order valence-corrected chi connectivity index (χ1v) is 7.27. The molecule has 1 fully saturated rings. The van der Waals surface area contributed by atoms with E-state index in [0.29, 0.717) is 19.4 Å². The van der Waals surface area contributed by atoms with Crippen LogP contribution in [0.3, 0.4) is 0 Å². The first kappa shape index (κ1) is 16.0. The third kappa shape index (κ3) is 3.14. The van der Waals surface area contributed by atoms with Crippen LogP contribution >= 0.6 is 23.2 Å². The summed E-state index contributed by atoms with van der Waals surface area (Å²) in [5, 5.41) is 9.06. The van der Waals surface area contributed by atoms with Crippen LogP contribution in [0, 0.1) is 11.7 Å². The Kier molecular flexibility index (Phi) is 4.74. The monoisotopic (exact) mass is 333 g/mol. The van der Waals surface area contributed by atoms with Crippen LogP contribution in [0.2, 0.25) is 10.0 Å². The van der Waals surface area contributed by atoms with Crippen LogP contribution in [-0.2, 0) is 4.79 Å². The van der Waals surface area contributed by atoms with Crippen LogP contribution in [0.4, 0.5) is 4.39 Å². The minimum absolute atomic E-state index is 0.00328. The molecule has 0 unspecified atom stereocenters. The normalized spacial score (nSPS) is 22.2. The van der Waals surface area contributed by atoms with E-state index in [0.717, 1.165) is 6.07 Å². The summed E-state index contributed by atoms with van der Waals surface area (Å²) in [5.41, 5.74) is -0.00328. The zero-order chi connectivity index (χ0) is 15.7.